The third kappa shape index (κ3) is 3.24. The van der Waals surface area contributed by atoms with Gasteiger partial charge in [-0.2, -0.15) is 0 Å². The molecule has 2 aliphatic rings. The minimum absolute atomic E-state index is 0.351. The summed E-state index contributed by atoms with van der Waals surface area (Å²) in [5, 5.41) is 3.77. The van der Waals surface area contributed by atoms with Gasteiger partial charge >= 0.3 is 0 Å². The molecule has 1 heterocycles. The molecule has 0 bridgehead atoms. The zero-order chi connectivity index (χ0) is 14.2. The van der Waals surface area contributed by atoms with Crippen molar-refractivity contribution in [1.82, 2.24) is 10.2 Å². The van der Waals surface area contributed by atoms with Crippen molar-refractivity contribution in [2.75, 3.05) is 19.6 Å². The lowest BCUT2D eigenvalue weighted by molar-refractivity contribution is 0.0516. The number of hydrogen-bond donors (Lipinski definition) is 1. The molecular weight excluding hydrogens is 244 g/mol. The fourth-order valence-corrected chi connectivity index (χ4v) is 3.41. The fourth-order valence-electron chi connectivity index (χ4n) is 3.41. The lowest BCUT2D eigenvalue weighted by Gasteiger charge is -2.46. The monoisotopic (exact) mass is 272 g/mol. The summed E-state index contributed by atoms with van der Waals surface area (Å²) >= 11 is 0. The summed E-state index contributed by atoms with van der Waals surface area (Å²) in [4.78, 5) is 2.76. The number of nitrogens with zero attached hydrogens (tertiary/aromatic N) is 1. The van der Waals surface area contributed by atoms with Gasteiger partial charge in [0.1, 0.15) is 0 Å². The van der Waals surface area contributed by atoms with Gasteiger partial charge in [-0.25, -0.2) is 0 Å². The van der Waals surface area contributed by atoms with Crippen LogP contribution in [0.25, 0.3) is 0 Å². The van der Waals surface area contributed by atoms with Crippen LogP contribution < -0.4 is 5.32 Å². The van der Waals surface area contributed by atoms with Gasteiger partial charge in [-0.15, -0.1) is 0 Å². The van der Waals surface area contributed by atoms with Crippen molar-refractivity contribution in [3.05, 3.63) is 35.9 Å². The average molecular weight is 272 g/mol. The van der Waals surface area contributed by atoms with Crippen molar-refractivity contribution in [3.63, 3.8) is 0 Å². The van der Waals surface area contributed by atoms with Crippen molar-refractivity contribution in [2.45, 2.75) is 45.7 Å². The maximum Gasteiger partial charge on any atom is 0.0449 e. The summed E-state index contributed by atoms with van der Waals surface area (Å²) in [6.07, 6.45) is 2.88. The maximum atomic E-state index is 3.77. The van der Waals surface area contributed by atoms with Crippen LogP contribution in [0, 0.1) is 11.3 Å². The minimum atomic E-state index is 0.351. The van der Waals surface area contributed by atoms with Gasteiger partial charge in [-0.3, -0.25) is 4.90 Å². The van der Waals surface area contributed by atoms with Crippen molar-refractivity contribution >= 4 is 0 Å². The van der Waals surface area contributed by atoms with E-state index in [1.165, 1.54) is 24.9 Å². The second-order valence-corrected chi connectivity index (χ2v) is 7.65. The molecule has 1 aliphatic carbocycles. The summed E-state index contributed by atoms with van der Waals surface area (Å²) in [7, 11) is 0. The van der Waals surface area contributed by atoms with Crippen molar-refractivity contribution < 1.29 is 0 Å². The van der Waals surface area contributed by atoms with Crippen LogP contribution in [0.4, 0.5) is 0 Å². The Morgan fingerprint density at radius 1 is 1.15 bits per heavy atom. The minimum Gasteiger partial charge on any atom is -0.307 e. The van der Waals surface area contributed by atoms with Gasteiger partial charge in [0.2, 0.25) is 0 Å². The predicted molar refractivity (Wildman–Crippen MR) is 84.7 cm³/mol. The third-order valence-corrected chi connectivity index (χ3v) is 4.81. The maximum absolute atomic E-state index is 3.77. The van der Waals surface area contributed by atoms with E-state index < -0.39 is 0 Å². The largest absolute Gasteiger partial charge is 0.307 e. The van der Waals surface area contributed by atoms with E-state index in [1.807, 2.05) is 0 Å². The molecule has 1 aromatic carbocycles. The highest BCUT2D eigenvalue weighted by atomic mass is 15.2. The zero-order valence-electron chi connectivity index (χ0n) is 13.1. The Kier molecular flexibility index (Phi) is 3.87. The first-order chi connectivity index (χ1) is 9.54. The van der Waals surface area contributed by atoms with E-state index in [2.05, 4.69) is 61.3 Å². The van der Waals surface area contributed by atoms with Gasteiger partial charge in [-0.1, -0.05) is 51.1 Å². The highest BCUT2D eigenvalue weighted by Gasteiger charge is 2.38. The standard InChI is InChI=1S/C18H28N2/c1-18(2,3)17-11-19-16(15-7-5-4-6-8-15)13-20(17)12-14-9-10-14/h4-8,14,16-17,19H,9-13H2,1-3H3. The predicted octanol–water partition coefficient (Wildman–Crippen LogP) is 3.46. The van der Waals surface area contributed by atoms with Crippen molar-refractivity contribution in [2.24, 2.45) is 11.3 Å². The molecule has 1 aliphatic heterocycles. The first kappa shape index (κ1) is 14.1. The van der Waals surface area contributed by atoms with Crippen LogP contribution in [0.15, 0.2) is 30.3 Å². The van der Waals surface area contributed by atoms with E-state index in [0.29, 0.717) is 17.5 Å². The number of benzene rings is 1. The van der Waals surface area contributed by atoms with Gasteiger partial charge in [0, 0.05) is 31.7 Å². The highest BCUT2D eigenvalue weighted by molar-refractivity contribution is 5.20. The molecule has 0 aromatic heterocycles. The smallest absolute Gasteiger partial charge is 0.0449 e. The molecule has 110 valence electrons. The number of piperazine rings is 1. The van der Waals surface area contributed by atoms with Crippen molar-refractivity contribution in [1.29, 1.82) is 0 Å². The molecule has 20 heavy (non-hydrogen) atoms. The molecule has 1 saturated heterocycles. The average Bonchev–Trinajstić information content (AvgIpc) is 3.22. The van der Waals surface area contributed by atoms with Crippen LogP contribution in [0.5, 0.6) is 0 Å². The van der Waals surface area contributed by atoms with E-state index in [9.17, 15) is 0 Å². The second-order valence-electron chi connectivity index (χ2n) is 7.65. The van der Waals surface area contributed by atoms with E-state index >= 15 is 0 Å². The van der Waals surface area contributed by atoms with Crippen LogP contribution in [0.2, 0.25) is 0 Å². The molecule has 2 unspecified atom stereocenters. The lowest BCUT2D eigenvalue weighted by Crippen LogP contribution is -2.58. The Hall–Kier alpha value is -0.860. The summed E-state index contributed by atoms with van der Waals surface area (Å²) in [6.45, 7) is 10.7. The number of nitrogens with one attached hydrogen (secondary N) is 1. The fraction of sp³-hybridized carbons (Fsp3) is 0.667. The van der Waals surface area contributed by atoms with E-state index in [4.69, 9.17) is 0 Å². The summed E-state index contributed by atoms with van der Waals surface area (Å²) < 4.78 is 0. The molecule has 2 heteroatoms. The third-order valence-electron chi connectivity index (χ3n) is 4.81. The molecular formula is C18H28N2. The summed E-state index contributed by atoms with van der Waals surface area (Å²) in [6, 6.07) is 12.1. The molecule has 0 amide bonds. The van der Waals surface area contributed by atoms with Gasteiger partial charge in [0.15, 0.2) is 0 Å². The molecule has 3 rings (SSSR count). The second kappa shape index (κ2) is 5.50. The Labute approximate surface area is 123 Å². The quantitative estimate of drug-likeness (QED) is 0.906. The van der Waals surface area contributed by atoms with E-state index in [1.54, 1.807) is 0 Å². The Morgan fingerprint density at radius 2 is 1.85 bits per heavy atom. The van der Waals surface area contributed by atoms with Crippen LogP contribution in [-0.2, 0) is 0 Å². The molecule has 2 nitrogen and oxygen atoms in total. The normalized spacial score (nSPS) is 28.6. The van der Waals surface area contributed by atoms with Crippen LogP contribution in [-0.4, -0.2) is 30.6 Å². The van der Waals surface area contributed by atoms with Crippen LogP contribution in [0.3, 0.4) is 0 Å². The van der Waals surface area contributed by atoms with E-state index in [0.717, 1.165) is 19.0 Å². The topological polar surface area (TPSA) is 15.3 Å². The molecule has 0 radical (unpaired) electrons. The zero-order valence-corrected chi connectivity index (χ0v) is 13.1. The van der Waals surface area contributed by atoms with E-state index in [-0.39, 0.29) is 0 Å². The molecule has 1 N–H and O–H groups in total. The first-order valence-electron chi connectivity index (χ1n) is 8.06. The van der Waals surface area contributed by atoms with Crippen LogP contribution in [0.1, 0.15) is 45.2 Å². The lowest BCUT2D eigenvalue weighted by atomic mass is 9.83. The van der Waals surface area contributed by atoms with Gasteiger partial charge in [0.25, 0.3) is 0 Å². The molecule has 1 aromatic rings. The molecule has 2 fully saturated rings. The Morgan fingerprint density at radius 3 is 2.45 bits per heavy atom. The van der Waals surface area contributed by atoms with Crippen molar-refractivity contribution in [3.8, 4) is 0 Å². The molecule has 1 saturated carbocycles. The summed E-state index contributed by atoms with van der Waals surface area (Å²) in [5.41, 5.74) is 1.78. The number of hydrogen-bond acceptors (Lipinski definition) is 2. The number of rotatable bonds is 3. The molecule has 2 atom stereocenters. The molecule has 0 spiro atoms. The Bertz CT molecular complexity index is 430. The van der Waals surface area contributed by atoms with Gasteiger partial charge in [-0.05, 0) is 29.7 Å². The first-order valence-corrected chi connectivity index (χ1v) is 8.06. The highest BCUT2D eigenvalue weighted by Crippen LogP contribution is 2.35. The Balaban J connectivity index is 1.73. The van der Waals surface area contributed by atoms with Gasteiger partial charge < -0.3 is 5.32 Å². The summed E-state index contributed by atoms with van der Waals surface area (Å²) in [5.74, 6) is 0.967. The van der Waals surface area contributed by atoms with Crippen LogP contribution >= 0.6 is 0 Å². The van der Waals surface area contributed by atoms with Gasteiger partial charge in [0.05, 0.1) is 0 Å². The SMILES string of the molecule is CC(C)(C)C1CNC(c2ccccc2)CN1CC1CC1.